The first-order valence-electron chi connectivity index (χ1n) is 7.55. The molecule has 0 bridgehead atoms. The molecule has 7 nitrogen and oxygen atoms in total. The molecular formula is C14H25N5O2. The largest absolute Gasteiger partial charge is 0.463 e. The van der Waals surface area contributed by atoms with E-state index in [0.717, 1.165) is 26.1 Å². The van der Waals surface area contributed by atoms with Gasteiger partial charge in [0.25, 0.3) is 0 Å². The summed E-state index contributed by atoms with van der Waals surface area (Å²) >= 11 is 0. The highest BCUT2D eigenvalue weighted by atomic mass is 16.5. The molecule has 7 heteroatoms. The number of nitrogens with one attached hydrogen (secondary N) is 1. The third-order valence-electron chi connectivity index (χ3n) is 3.08. The molecule has 0 atom stereocenters. The van der Waals surface area contributed by atoms with E-state index in [9.17, 15) is 0 Å². The molecule has 1 aromatic heterocycles. The molecule has 1 saturated heterocycles. The molecule has 2 rings (SSSR count). The van der Waals surface area contributed by atoms with Gasteiger partial charge in [-0.1, -0.05) is 6.92 Å². The summed E-state index contributed by atoms with van der Waals surface area (Å²) < 4.78 is 11.3. The zero-order valence-corrected chi connectivity index (χ0v) is 13.3. The lowest BCUT2D eigenvalue weighted by atomic mass is 10.1. The predicted molar refractivity (Wildman–Crippen MR) is 82.0 cm³/mol. The Kier molecular flexibility index (Phi) is 5.17. The predicted octanol–water partition coefficient (Wildman–Crippen LogP) is 1.71. The number of aromatic nitrogens is 3. The van der Waals surface area contributed by atoms with Gasteiger partial charge in [-0.25, -0.2) is 0 Å². The van der Waals surface area contributed by atoms with Crippen LogP contribution in [0.5, 0.6) is 6.01 Å². The van der Waals surface area contributed by atoms with Gasteiger partial charge in [-0.15, -0.1) is 0 Å². The molecule has 0 aliphatic carbocycles. The van der Waals surface area contributed by atoms with Crippen molar-refractivity contribution in [3.8, 4) is 6.01 Å². The quantitative estimate of drug-likeness (QED) is 0.856. The van der Waals surface area contributed by atoms with Gasteiger partial charge in [0, 0.05) is 19.6 Å². The minimum Gasteiger partial charge on any atom is -0.463 e. The van der Waals surface area contributed by atoms with Crippen molar-refractivity contribution in [3.05, 3.63) is 0 Å². The molecule has 0 aromatic carbocycles. The van der Waals surface area contributed by atoms with Crippen LogP contribution >= 0.6 is 0 Å². The average Bonchev–Trinajstić information content (AvgIpc) is 2.44. The van der Waals surface area contributed by atoms with Crippen LogP contribution in [-0.2, 0) is 4.74 Å². The Bertz CT molecular complexity index is 467. The van der Waals surface area contributed by atoms with Crippen LogP contribution < -0.4 is 15.0 Å². The second-order valence-corrected chi connectivity index (χ2v) is 5.65. The number of hydrogen-bond donors (Lipinski definition) is 1. The monoisotopic (exact) mass is 295 g/mol. The van der Waals surface area contributed by atoms with E-state index in [0.29, 0.717) is 31.1 Å². The second kappa shape index (κ2) is 6.89. The summed E-state index contributed by atoms with van der Waals surface area (Å²) in [5.41, 5.74) is -0.201. The maximum absolute atomic E-state index is 5.73. The molecule has 118 valence electrons. The number of anilines is 2. The van der Waals surface area contributed by atoms with E-state index < -0.39 is 0 Å². The Morgan fingerprint density at radius 3 is 2.76 bits per heavy atom. The van der Waals surface area contributed by atoms with Crippen LogP contribution in [0.4, 0.5) is 11.9 Å². The van der Waals surface area contributed by atoms with Gasteiger partial charge in [0.05, 0.1) is 18.8 Å². The Morgan fingerprint density at radius 2 is 2.10 bits per heavy atom. The molecule has 0 radical (unpaired) electrons. The normalized spacial score (nSPS) is 17.6. The Hall–Kier alpha value is -1.63. The summed E-state index contributed by atoms with van der Waals surface area (Å²) in [5.74, 6) is 1.20. The van der Waals surface area contributed by atoms with Crippen LogP contribution in [0.3, 0.4) is 0 Å². The molecule has 21 heavy (non-hydrogen) atoms. The van der Waals surface area contributed by atoms with Gasteiger partial charge >= 0.3 is 6.01 Å². The van der Waals surface area contributed by atoms with Crippen LogP contribution in [-0.4, -0.2) is 53.4 Å². The summed E-state index contributed by atoms with van der Waals surface area (Å²) in [6.07, 6.45) is 0.919. The third-order valence-corrected chi connectivity index (χ3v) is 3.08. The van der Waals surface area contributed by atoms with Crippen molar-refractivity contribution in [1.82, 2.24) is 15.0 Å². The fraction of sp³-hybridized carbons (Fsp3) is 0.786. The van der Waals surface area contributed by atoms with Crippen molar-refractivity contribution in [1.29, 1.82) is 0 Å². The maximum Gasteiger partial charge on any atom is 0.323 e. The summed E-state index contributed by atoms with van der Waals surface area (Å²) in [4.78, 5) is 15.3. The van der Waals surface area contributed by atoms with Gasteiger partial charge in [0.1, 0.15) is 0 Å². The molecular weight excluding hydrogens is 270 g/mol. The first kappa shape index (κ1) is 15.8. The highest BCUT2D eigenvalue weighted by molar-refractivity contribution is 5.39. The van der Waals surface area contributed by atoms with Gasteiger partial charge in [0.2, 0.25) is 11.9 Å². The van der Waals surface area contributed by atoms with E-state index in [2.05, 4.69) is 45.9 Å². The molecule has 0 amide bonds. The fourth-order valence-corrected chi connectivity index (χ4v) is 2.17. The minimum absolute atomic E-state index is 0.201. The van der Waals surface area contributed by atoms with Gasteiger partial charge in [-0.2, -0.15) is 15.0 Å². The van der Waals surface area contributed by atoms with E-state index in [1.165, 1.54) is 0 Å². The molecule has 0 unspecified atom stereocenters. The molecule has 0 spiro atoms. The number of ether oxygens (including phenoxy) is 2. The van der Waals surface area contributed by atoms with Crippen LogP contribution in [0.25, 0.3) is 0 Å². The zero-order chi connectivity index (χ0) is 15.3. The molecule has 1 aromatic rings. The van der Waals surface area contributed by atoms with E-state index in [1.54, 1.807) is 0 Å². The number of nitrogens with zero attached hydrogens (tertiary/aromatic N) is 4. The first-order valence-corrected chi connectivity index (χ1v) is 7.55. The van der Waals surface area contributed by atoms with E-state index in [-0.39, 0.29) is 5.60 Å². The lowest BCUT2D eigenvalue weighted by Gasteiger charge is -2.38. The summed E-state index contributed by atoms with van der Waals surface area (Å²) in [6.45, 7) is 11.7. The van der Waals surface area contributed by atoms with Crippen molar-refractivity contribution in [3.63, 3.8) is 0 Å². The molecule has 2 heterocycles. The molecule has 0 saturated carbocycles. The highest BCUT2D eigenvalue weighted by Crippen LogP contribution is 2.22. The minimum atomic E-state index is -0.201. The number of hydrogen-bond acceptors (Lipinski definition) is 7. The number of morpholine rings is 1. The summed E-state index contributed by atoms with van der Waals surface area (Å²) in [7, 11) is 0. The van der Waals surface area contributed by atoms with Crippen molar-refractivity contribution in [2.24, 2.45) is 0 Å². The first-order chi connectivity index (χ1) is 10.0. The van der Waals surface area contributed by atoms with E-state index >= 15 is 0 Å². The second-order valence-electron chi connectivity index (χ2n) is 5.65. The smallest absolute Gasteiger partial charge is 0.323 e. The van der Waals surface area contributed by atoms with E-state index in [1.807, 2.05) is 6.92 Å². The zero-order valence-electron chi connectivity index (χ0n) is 13.3. The van der Waals surface area contributed by atoms with Crippen LogP contribution in [0.2, 0.25) is 0 Å². The van der Waals surface area contributed by atoms with Gasteiger partial charge in [0.15, 0.2) is 0 Å². The Balaban J connectivity index is 2.21. The maximum atomic E-state index is 5.73. The van der Waals surface area contributed by atoms with Crippen LogP contribution in [0, 0.1) is 0 Å². The Labute approximate surface area is 126 Å². The molecule has 1 aliphatic rings. The summed E-state index contributed by atoms with van der Waals surface area (Å²) in [5, 5.41) is 3.12. The highest BCUT2D eigenvalue weighted by Gasteiger charge is 2.29. The van der Waals surface area contributed by atoms with Crippen molar-refractivity contribution in [2.45, 2.75) is 39.7 Å². The number of rotatable bonds is 6. The SMILES string of the molecule is CCCOc1nc(NCC)nc(N2CCOC(C)(C)C2)n1. The third kappa shape index (κ3) is 4.42. The van der Waals surface area contributed by atoms with Crippen LogP contribution in [0.15, 0.2) is 0 Å². The van der Waals surface area contributed by atoms with Crippen molar-refractivity contribution < 1.29 is 9.47 Å². The fourth-order valence-electron chi connectivity index (χ4n) is 2.17. The molecule has 1 aliphatic heterocycles. The Morgan fingerprint density at radius 1 is 1.29 bits per heavy atom. The van der Waals surface area contributed by atoms with Gasteiger partial charge in [-0.05, 0) is 27.2 Å². The van der Waals surface area contributed by atoms with Gasteiger partial charge in [-0.3, -0.25) is 0 Å². The summed E-state index contributed by atoms with van der Waals surface area (Å²) in [6, 6.07) is 0.377. The lowest BCUT2D eigenvalue weighted by molar-refractivity contribution is -0.0281. The molecule has 1 fully saturated rings. The van der Waals surface area contributed by atoms with Crippen LogP contribution in [0.1, 0.15) is 34.1 Å². The average molecular weight is 295 g/mol. The lowest BCUT2D eigenvalue weighted by Crippen LogP contribution is -2.49. The van der Waals surface area contributed by atoms with E-state index in [4.69, 9.17) is 9.47 Å². The standard InChI is InChI=1S/C14H25N5O2/c1-5-8-20-13-17-11(15-6-2)16-12(18-13)19-7-9-21-14(3,4)10-19/h5-10H2,1-4H3,(H,15,16,17,18). The molecule has 1 N–H and O–H groups in total. The topological polar surface area (TPSA) is 72.4 Å². The van der Waals surface area contributed by atoms with Crippen molar-refractivity contribution in [2.75, 3.05) is 43.1 Å². The van der Waals surface area contributed by atoms with Gasteiger partial charge < -0.3 is 19.7 Å². The van der Waals surface area contributed by atoms with Crippen molar-refractivity contribution >= 4 is 11.9 Å².